The Hall–Kier alpha value is -0.370. The van der Waals surface area contributed by atoms with Crippen molar-refractivity contribution in [2.45, 2.75) is 27.7 Å². The topological polar surface area (TPSA) is 37.3 Å². The molecule has 0 aromatic heterocycles. The zero-order valence-corrected chi connectivity index (χ0v) is 7.14. The van der Waals surface area contributed by atoms with Crippen molar-refractivity contribution in [3.8, 4) is 0 Å². The van der Waals surface area contributed by atoms with Gasteiger partial charge in [-0.05, 0) is 0 Å². The molecule has 0 fully saturated rings. The first kappa shape index (κ1) is 9.63. The van der Waals surface area contributed by atoms with E-state index in [1.54, 1.807) is 6.92 Å². The van der Waals surface area contributed by atoms with Gasteiger partial charge in [-0.1, -0.05) is 27.7 Å². The van der Waals surface area contributed by atoms with Crippen molar-refractivity contribution < 1.29 is 9.90 Å². The van der Waals surface area contributed by atoms with Crippen LogP contribution in [0.15, 0.2) is 0 Å². The van der Waals surface area contributed by atoms with E-state index < -0.39 is 0 Å². The van der Waals surface area contributed by atoms with Crippen LogP contribution in [-0.4, -0.2) is 17.5 Å². The molecule has 1 atom stereocenters. The van der Waals surface area contributed by atoms with Gasteiger partial charge >= 0.3 is 0 Å². The number of aliphatic hydroxyl groups is 1. The molecule has 2 nitrogen and oxygen atoms in total. The summed E-state index contributed by atoms with van der Waals surface area (Å²) in [5.41, 5.74) is -0.317. The zero-order valence-electron chi connectivity index (χ0n) is 7.14. The lowest BCUT2D eigenvalue weighted by Gasteiger charge is -2.19. The smallest absolute Gasteiger partial charge is 0.143 e. The van der Waals surface area contributed by atoms with E-state index in [0.29, 0.717) is 0 Å². The SMILES string of the molecule is CC(CO)C(=O)C(C)(C)C. The Morgan fingerprint density at radius 3 is 2.00 bits per heavy atom. The average molecular weight is 144 g/mol. The van der Waals surface area contributed by atoms with Gasteiger partial charge < -0.3 is 5.11 Å². The highest BCUT2D eigenvalue weighted by Gasteiger charge is 2.25. The van der Waals surface area contributed by atoms with Crippen molar-refractivity contribution in [1.82, 2.24) is 0 Å². The predicted octanol–water partition coefficient (Wildman–Crippen LogP) is 1.23. The Bertz CT molecular complexity index is 122. The van der Waals surface area contributed by atoms with Gasteiger partial charge in [-0.2, -0.15) is 0 Å². The van der Waals surface area contributed by atoms with Crippen molar-refractivity contribution >= 4 is 5.78 Å². The molecule has 0 rings (SSSR count). The maximum absolute atomic E-state index is 11.2. The summed E-state index contributed by atoms with van der Waals surface area (Å²) >= 11 is 0. The van der Waals surface area contributed by atoms with E-state index in [1.807, 2.05) is 20.8 Å². The summed E-state index contributed by atoms with van der Waals surface area (Å²) in [6.45, 7) is 7.29. The number of hydrogen-bond acceptors (Lipinski definition) is 2. The second-order valence-electron chi connectivity index (χ2n) is 3.70. The summed E-state index contributed by atoms with van der Waals surface area (Å²) < 4.78 is 0. The van der Waals surface area contributed by atoms with Gasteiger partial charge in [0.2, 0.25) is 0 Å². The summed E-state index contributed by atoms with van der Waals surface area (Å²) in [6, 6.07) is 0. The Morgan fingerprint density at radius 2 is 1.90 bits per heavy atom. The lowest BCUT2D eigenvalue weighted by molar-refractivity contribution is -0.131. The van der Waals surface area contributed by atoms with Gasteiger partial charge in [0, 0.05) is 11.3 Å². The molecule has 0 aromatic rings. The first-order valence-corrected chi connectivity index (χ1v) is 3.54. The van der Waals surface area contributed by atoms with Crippen molar-refractivity contribution in [3.63, 3.8) is 0 Å². The highest BCUT2D eigenvalue weighted by Crippen LogP contribution is 2.19. The molecule has 0 radical (unpaired) electrons. The molecule has 0 aliphatic heterocycles. The van der Waals surface area contributed by atoms with Gasteiger partial charge in [0.05, 0.1) is 6.61 Å². The van der Waals surface area contributed by atoms with Crippen LogP contribution in [0.2, 0.25) is 0 Å². The minimum absolute atomic E-state index is 0.0455. The Morgan fingerprint density at radius 1 is 1.50 bits per heavy atom. The standard InChI is InChI=1S/C8H16O2/c1-6(5-9)7(10)8(2,3)4/h6,9H,5H2,1-4H3. The van der Waals surface area contributed by atoms with Crippen LogP contribution in [0.3, 0.4) is 0 Å². The maximum atomic E-state index is 11.2. The fourth-order valence-corrected chi connectivity index (χ4v) is 0.822. The van der Waals surface area contributed by atoms with Crippen LogP contribution in [0.5, 0.6) is 0 Å². The molecular weight excluding hydrogens is 128 g/mol. The average Bonchev–Trinajstić information content (AvgIpc) is 1.83. The summed E-state index contributed by atoms with van der Waals surface area (Å²) in [5.74, 6) is -0.102. The second-order valence-corrected chi connectivity index (χ2v) is 3.70. The van der Waals surface area contributed by atoms with E-state index in [4.69, 9.17) is 5.11 Å². The van der Waals surface area contributed by atoms with Crippen molar-refractivity contribution in [1.29, 1.82) is 0 Å². The molecule has 60 valence electrons. The summed E-state index contributed by atoms with van der Waals surface area (Å²) in [4.78, 5) is 11.2. The third-order valence-electron chi connectivity index (χ3n) is 1.46. The van der Waals surface area contributed by atoms with E-state index in [-0.39, 0.29) is 23.7 Å². The summed E-state index contributed by atoms with van der Waals surface area (Å²) in [6.07, 6.45) is 0. The highest BCUT2D eigenvalue weighted by atomic mass is 16.3. The minimum atomic E-state index is -0.317. The summed E-state index contributed by atoms with van der Waals surface area (Å²) in [5, 5.41) is 8.65. The van der Waals surface area contributed by atoms with E-state index in [0.717, 1.165) is 0 Å². The van der Waals surface area contributed by atoms with Gasteiger partial charge in [-0.25, -0.2) is 0 Å². The van der Waals surface area contributed by atoms with Gasteiger partial charge in [-0.15, -0.1) is 0 Å². The largest absolute Gasteiger partial charge is 0.396 e. The summed E-state index contributed by atoms with van der Waals surface area (Å²) in [7, 11) is 0. The van der Waals surface area contributed by atoms with E-state index in [1.165, 1.54) is 0 Å². The molecule has 0 amide bonds. The van der Waals surface area contributed by atoms with Gasteiger partial charge in [0.25, 0.3) is 0 Å². The van der Waals surface area contributed by atoms with Crippen LogP contribution in [0.4, 0.5) is 0 Å². The van der Waals surface area contributed by atoms with E-state index in [2.05, 4.69) is 0 Å². The zero-order chi connectivity index (χ0) is 8.36. The number of ketones is 1. The van der Waals surface area contributed by atoms with Crippen molar-refractivity contribution in [3.05, 3.63) is 0 Å². The molecule has 0 aliphatic carbocycles. The Balaban J connectivity index is 4.09. The molecule has 0 aliphatic rings. The van der Waals surface area contributed by atoms with Crippen LogP contribution in [0.1, 0.15) is 27.7 Å². The molecule has 2 heteroatoms. The molecule has 10 heavy (non-hydrogen) atoms. The van der Waals surface area contributed by atoms with Crippen LogP contribution in [-0.2, 0) is 4.79 Å². The first-order chi connectivity index (χ1) is 4.39. The van der Waals surface area contributed by atoms with Gasteiger partial charge in [0.15, 0.2) is 0 Å². The first-order valence-electron chi connectivity index (χ1n) is 3.54. The second kappa shape index (κ2) is 3.15. The molecule has 0 bridgehead atoms. The highest BCUT2D eigenvalue weighted by molar-refractivity contribution is 5.85. The molecule has 1 unspecified atom stereocenters. The van der Waals surface area contributed by atoms with Gasteiger partial charge in [0.1, 0.15) is 5.78 Å². The molecule has 0 aromatic carbocycles. The van der Waals surface area contributed by atoms with Crippen LogP contribution < -0.4 is 0 Å². The number of carbonyl (C=O) groups excluding carboxylic acids is 1. The predicted molar refractivity (Wildman–Crippen MR) is 40.7 cm³/mol. The maximum Gasteiger partial charge on any atom is 0.143 e. The van der Waals surface area contributed by atoms with Crippen molar-refractivity contribution in [2.75, 3.05) is 6.61 Å². The van der Waals surface area contributed by atoms with Crippen LogP contribution >= 0.6 is 0 Å². The Labute approximate surface area is 62.2 Å². The number of rotatable bonds is 2. The third-order valence-corrected chi connectivity index (χ3v) is 1.46. The Kier molecular flexibility index (Phi) is 3.03. The molecule has 0 spiro atoms. The van der Waals surface area contributed by atoms with Crippen LogP contribution in [0.25, 0.3) is 0 Å². The van der Waals surface area contributed by atoms with E-state index in [9.17, 15) is 4.79 Å². The number of Topliss-reactive ketones (excluding diaryl/α,β-unsaturated/α-hetero) is 1. The molecule has 0 saturated heterocycles. The lowest BCUT2D eigenvalue weighted by atomic mass is 9.84. The fourth-order valence-electron chi connectivity index (χ4n) is 0.822. The third kappa shape index (κ3) is 2.48. The molecule has 1 N–H and O–H groups in total. The lowest BCUT2D eigenvalue weighted by Crippen LogP contribution is -2.28. The number of aliphatic hydroxyl groups excluding tert-OH is 1. The monoisotopic (exact) mass is 144 g/mol. The minimum Gasteiger partial charge on any atom is -0.396 e. The molecule has 0 saturated carbocycles. The fraction of sp³-hybridized carbons (Fsp3) is 0.875. The quantitative estimate of drug-likeness (QED) is 0.633. The number of carbonyl (C=O) groups is 1. The molecular formula is C8H16O2. The molecule has 0 heterocycles. The van der Waals surface area contributed by atoms with Crippen LogP contribution in [0, 0.1) is 11.3 Å². The normalized spacial score (nSPS) is 14.9. The van der Waals surface area contributed by atoms with Crippen molar-refractivity contribution in [2.24, 2.45) is 11.3 Å². The number of hydrogen-bond donors (Lipinski definition) is 1. The van der Waals surface area contributed by atoms with Gasteiger partial charge in [-0.3, -0.25) is 4.79 Å². The van der Waals surface area contributed by atoms with E-state index >= 15 is 0 Å².